The quantitative estimate of drug-likeness (QED) is 0.565. The van der Waals surface area contributed by atoms with Crippen molar-refractivity contribution in [2.24, 2.45) is 5.92 Å². The first kappa shape index (κ1) is 21.5. The van der Waals surface area contributed by atoms with Crippen LogP contribution in [0.15, 0.2) is 59.9 Å². The summed E-state index contributed by atoms with van der Waals surface area (Å²) in [4.78, 5) is 3.95. The summed E-state index contributed by atoms with van der Waals surface area (Å²) in [6, 6.07) is 9.31. The van der Waals surface area contributed by atoms with E-state index in [2.05, 4.69) is 10.3 Å². The molecule has 0 aliphatic heterocycles. The molecule has 1 N–H and O–H groups in total. The molecule has 0 unspecified atom stereocenters. The second-order valence-corrected chi connectivity index (χ2v) is 9.67. The Kier molecular flexibility index (Phi) is 6.38. The molecule has 1 saturated carbocycles. The van der Waals surface area contributed by atoms with E-state index in [-0.39, 0.29) is 16.2 Å². The highest BCUT2D eigenvalue weighted by Gasteiger charge is 2.24. The van der Waals surface area contributed by atoms with Gasteiger partial charge in [0.15, 0.2) is 0 Å². The largest absolute Gasteiger partial charge is 0.493 e. The van der Waals surface area contributed by atoms with Gasteiger partial charge in [-0.3, -0.25) is 4.98 Å². The Balaban J connectivity index is 1.68. The van der Waals surface area contributed by atoms with Gasteiger partial charge >= 0.3 is 0 Å². The Labute approximate surface area is 182 Å². The number of nitrogens with zero attached hydrogens (tertiary/aromatic N) is 2. The summed E-state index contributed by atoms with van der Waals surface area (Å²) < 4.78 is 48.5. The average molecular weight is 444 g/mol. The van der Waals surface area contributed by atoms with Gasteiger partial charge in [-0.1, -0.05) is 12.8 Å². The van der Waals surface area contributed by atoms with Crippen LogP contribution in [0, 0.1) is 11.7 Å². The van der Waals surface area contributed by atoms with Crippen LogP contribution in [0.1, 0.15) is 31.2 Å². The number of hydrogen-bond acceptors (Lipinski definition) is 5. The van der Waals surface area contributed by atoms with E-state index < -0.39 is 15.8 Å². The lowest BCUT2D eigenvalue weighted by atomic mass is 10.1. The van der Waals surface area contributed by atoms with E-state index in [1.807, 2.05) is 0 Å². The second kappa shape index (κ2) is 9.20. The summed E-state index contributed by atoms with van der Waals surface area (Å²) in [6.07, 6.45) is 9.04. The normalized spacial score (nSPS) is 14.8. The first-order valence-electron chi connectivity index (χ1n) is 10.4. The maximum Gasteiger partial charge on any atom is 0.269 e. The molecular formula is C23H26FN3O3S. The number of hydrogen-bond donors (Lipinski definition) is 1. The van der Waals surface area contributed by atoms with Gasteiger partial charge in [0.2, 0.25) is 0 Å². The van der Waals surface area contributed by atoms with Gasteiger partial charge in [0, 0.05) is 36.8 Å². The molecule has 6 nitrogen and oxygen atoms in total. The molecule has 2 heterocycles. The van der Waals surface area contributed by atoms with Crippen molar-refractivity contribution < 1.29 is 17.5 Å². The highest BCUT2D eigenvalue weighted by molar-refractivity contribution is 7.90. The van der Waals surface area contributed by atoms with Gasteiger partial charge < -0.3 is 10.1 Å². The number of pyridine rings is 1. The van der Waals surface area contributed by atoms with E-state index in [0.29, 0.717) is 24.8 Å². The lowest BCUT2D eigenvalue weighted by molar-refractivity contribution is 0.251. The van der Waals surface area contributed by atoms with Crippen molar-refractivity contribution in [2.45, 2.75) is 37.1 Å². The molecule has 0 amide bonds. The van der Waals surface area contributed by atoms with Gasteiger partial charge in [0.05, 0.1) is 12.3 Å². The summed E-state index contributed by atoms with van der Waals surface area (Å²) in [5, 5.41) is 3.00. The number of halogens is 1. The number of aromatic nitrogens is 2. The monoisotopic (exact) mass is 443 g/mol. The minimum atomic E-state index is -3.93. The molecule has 0 atom stereocenters. The number of benzene rings is 1. The van der Waals surface area contributed by atoms with Crippen LogP contribution in [0.4, 0.5) is 4.39 Å². The molecule has 8 heteroatoms. The molecule has 4 rings (SSSR count). The van der Waals surface area contributed by atoms with Crippen molar-refractivity contribution in [3.63, 3.8) is 0 Å². The Morgan fingerprint density at radius 3 is 2.71 bits per heavy atom. The Morgan fingerprint density at radius 1 is 1.23 bits per heavy atom. The average Bonchev–Trinajstić information content (AvgIpc) is 3.44. The first-order valence-corrected chi connectivity index (χ1v) is 11.9. The van der Waals surface area contributed by atoms with Crippen LogP contribution >= 0.6 is 0 Å². The Bertz CT molecular complexity index is 1140. The predicted molar refractivity (Wildman–Crippen MR) is 117 cm³/mol. The van der Waals surface area contributed by atoms with Gasteiger partial charge in [0.1, 0.15) is 16.5 Å². The summed E-state index contributed by atoms with van der Waals surface area (Å²) in [6.45, 7) is 1.03. The van der Waals surface area contributed by atoms with E-state index in [9.17, 15) is 8.42 Å². The second-order valence-electron chi connectivity index (χ2n) is 7.86. The summed E-state index contributed by atoms with van der Waals surface area (Å²) >= 11 is 0. The van der Waals surface area contributed by atoms with Gasteiger partial charge in [-0.15, -0.1) is 0 Å². The number of ether oxygens (including phenoxy) is 1. The zero-order valence-corrected chi connectivity index (χ0v) is 18.2. The van der Waals surface area contributed by atoms with Crippen LogP contribution in [-0.2, 0) is 16.6 Å². The number of nitrogens with one attached hydrogen (secondary N) is 1. The zero-order valence-electron chi connectivity index (χ0n) is 17.4. The van der Waals surface area contributed by atoms with Gasteiger partial charge in [-0.2, -0.15) is 0 Å². The Morgan fingerprint density at radius 2 is 2.03 bits per heavy atom. The Hall–Kier alpha value is -2.71. The summed E-state index contributed by atoms with van der Waals surface area (Å²) in [5.74, 6) is 0.450. The van der Waals surface area contributed by atoms with Crippen molar-refractivity contribution in [3.8, 4) is 17.0 Å². The maximum absolute atomic E-state index is 15.1. The fourth-order valence-electron chi connectivity index (χ4n) is 3.99. The SMILES string of the molecule is CNCc1cc(-c2ccc(OCC3CCCC3)cc2F)n(S(=O)(=O)c2cccnc2)c1. The van der Waals surface area contributed by atoms with E-state index in [0.717, 1.165) is 22.4 Å². The van der Waals surface area contributed by atoms with Crippen LogP contribution in [0.2, 0.25) is 0 Å². The minimum absolute atomic E-state index is 0.0415. The van der Waals surface area contributed by atoms with E-state index in [4.69, 9.17) is 4.74 Å². The third kappa shape index (κ3) is 4.65. The number of rotatable bonds is 8. The smallest absolute Gasteiger partial charge is 0.269 e. The molecule has 3 aromatic rings. The van der Waals surface area contributed by atoms with Crippen LogP contribution in [0.3, 0.4) is 0 Å². The third-order valence-electron chi connectivity index (χ3n) is 5.59. The van der Waals surface area contributed by atoms with E-state index >= 15 is 4.39 Å². The van der Waals surface area contributed by atoms with Gasteiger partial charge in [0.25, 0.3) is 10.0 Å². The standard InChI is InChI=1S/C23H26FN3O3S/c1-25-13-18-11-23(27(15-18)31(28,29)20-7-4-10-26-14-20)21-9-8-19(12-22(21)24)30-16-17-5-2-3-6-17/h4,7-12,14-15,17,25H,2-3,5-6,13,16H2,1H3. The molecule has 0 radical (unpaired) electrons. The van der Waals surface area contributed by atoms with Crippen molar-refractivity contribution in [1.29, 1.82) is 0 Å². The van der Waals surface area contributed by atoms with Crippen LogP contribution in [0.25, 0.3) is 11.3 Å². The lowest BCUT2D eigenvalue weighted by Gasteiger charge is -2.14. The molecule has 2 aromatic heterocycles. The van der Waals surface area contributed by atoms with Gasteiger partial charge in [-0.05, 0) is 61.7 Å². The fraction of sp³-hybridized carbons (Fsp3) is 0.348. The first-order chi connectivity index (χ1) is 15.0. The molecular weight excluding hydrogens is 417 g/mol. The van der Waals surface area contributed by atoms with Gasteiger partial charge in [-0.25, -0.2) is 16.8 Å². The molecule has 0 bridgehead atoms. The molecule has 1 aromatic carbocycles. The molecule has 0 saturated heterocycles. The summed E-state index contributed by atoms with van der Waals surface area (Å²) in [5.41, 5.74) is 1.18. The highest BCUT2D eigenvalue weighted by Crippen LogP contribution is 2.32. The molecule has 1 fully saturated rings. The van der Waals surface area contributed by atoms with Crippen LogP contribution in [-0.4, -0.2) is 31.0 Å². The van der Waals surface area contributed by atoms with Crippen molar-refractivity contribution in [1.82, 2.24) is 14.3 Å². The molecule has 164 valence electrons. The minimum Gasteiger partial charge on any atom is -0.493 e. The van der Waals surface area contributed by atoms with Crippen molar-refractivity contribution in [3.05, 3.63) is 66.4 Å². The molecule has 31 heavy (non-hydrogen) atoms. The fourth-order valence-corrected chi connectivity index (χ4v) is 5.35. The van der Waals surface area contributed by atoms with Crippen LogP contribution in [0.5, 0.6) is 5.75 Å². The third-order valence-corrected chi connectivity index (χ3v) is 7.25. The molecule has 1 aliphatic rings. The van der Waals surface area contributed by atoms with E-state index in [1.54, 1.807) is 31.3 Å². The van der Waals surface area contributed by atoms with Crippen LogP contribution < -0.4 is 10.1 Å². The summed E-state index contributed by atoms with van der Waals surface area (Å²) in [7, 11) is -2.17. The molecule has 0 spiro atoms. The predicted octanol–water partition coefficient (Wildman–Crippen LogP) is 4.21. The lowest BCUT2D eigenvalue weighted by Crippen LogP contribution is -2.14. The molecule has 1 aliphatic carbocycles. The van der Waals surface area contributed by atoms with Crippen molar-refractivity contribution >= 4 is 10.0 Å². The van der Waals surface area contributed by atoms with E-state index in [1.165, 1.54) is 43.6 Å². The van der Waals surface area contributed by atoms with Crippen molar-refractivity contribution in [2.75, 3.05) is 13.7 Å². The highest BCUT2D eigenvalue weighted by atomic mass is 32.2. The zero-order chi connectivity index (χ0) is 21.8. The topological polar surface area (TPSA) is 73.2 Å². The maximum atomic E-state index is 15.1.